The van der Waals surface area contributed by atoms with Gasteiger partial charge in [0.25, 0.3) is 0 Å². The normalized spacial score (nSPS) is 14.8. The van der Waals surface area contributed by atoms with Crippen molar-refractivity contribution in [1.82, 2.24) is 4.90 Å². The van der Waals surface area contributed by atoms with Crippen LogP contribution in [0, 0.1) is 11.3 Å². The lowest BCUT2D eigenvalue weighted by molar-refractivity contribution is 0.220. The molecule has 1 aliphatic rings. The molecule has 100 valence electrons. The zero-order valence-corrected chi connectivity index (χ0v) is 10.9. The predicted molar refractivity (Wildman–Crippen MR) is 74.6 cm³/mol. The van der Waals surface area contributed by atoms with E-state index in [4.69, 9.17) is 11.0 Å². The standard InChI is InChI=1S/C14H18N4O/c15-8-4-1-5-9-17-10-11-18(14(17)19)13-7-3-2-6-12(13)16/h2-3,6-7H,1,4-5,9-11,16H2. The SMILES string of the molecule is N#CCCCCN1CCN(c2ccccc2N)C1=O. The summed E-state index contributed by atoms with van der Waals surface area (Å²) in [5, 5.41) is 8.48. The molecule has 2 N–H and O–H groups in total. The maximum atomic E-state index is 12.3. The van der Waals surface area contributed by atoms with Gasteiger partial charge in [-0.2, -0.15) is 5.26 Å². The highest BCUT2D eigenvalue weighted by Crippen LogP contribution is 2.26. The van der Waals surface area contributed by atoms with Crippen LogP contribution in [0.5, 0.6) is 0 Å². The van der Waals surface area contributed by atoms with E-state index in [0.29, 0.717) is 25.2 Å². The first-order chi connectivity index (χ1) is 9.24. The van der Waals surface area contributed by atoms with Crippen molar-refractivity contribution in [3.63, 3.8) is 0 Å². The van der Waals surface area contributed by atoms with Crippen LogP contribution in [0.3, 0.4) is 0 Å². The van der Waals surface area contributed by atoms with Gasteiger partial charge in [-0.15, -0.1) is 0 Å². The number of nitriles is 1. The largest absolute Gasteiger partial charge is 0.397 e. The summed E-state index contributed by atoms with van der Waals surface area (Å²) in [6.07, 6.45) is 2.27. The van der Waals surface area contributed by atoms with Crippen molar-refractivity contribution in [2.45, 2.75) is 19.3 Å². The van der Waals surface area contributed by atoms with Crippen molar-refractivity contribution < 1.29 is 4.79 Å². The van der Waals surface area contributed by atoms with Crippen molar-refractivity contribution in [3.8, 4) is 6.07 Å². The Labute approximate surface area is 113 Å². The smallest absolute Gasteiger partial charge is 0.324 e. The molecule has 0 radical (unpaired) electrons. The third kappa shape index (κ3) is 2.97. The minimum absolute atomic E-state index is 0.00913. The fraction of sp³-hybridized carbons (Fsp3) is 0.429. The van der Waals surface area contributed by atoms with Crippen LogP contribution in [0.25, 0.3) is 0 Å². The van der Waals surface area contributed by atoms with Gasteiger partial charge >= 0.3 is 6.03 Å². The second-order valence-corrected chi connectivity index (χ2v) is 4.60. The van der Waals surface area contributed by atoms with Crippen LogP contribution in [0.15, 0.2) is 24.3 Å². The minimum atomic E-state index is 0.00913. The molecule has 5 nitrogen and oxygen atoms in total. The number of nitrogens with zero attached hydrogens (tertiary/aromatic N) is 3. The van der Waals surface area contributed by atoms with Crippen molar-refractivity contribution in [3.05, 3.63) is 24.3 Å². The maximum absolute atomic E-state index is 12.3. The topological polar surface area (TPSA) is 73.4 Å². The Kier molecular flexibility index (Phi) is 4.24. The molecular formula is C14H18N4O. The van der Waals surface area contributed by atoms with Crippen LogP contribution in [0.1, 0.15) is 19.3 Å². The molecule has 1 aliphatic heterocycles. The zero-order valence-electron chi connectivity index (χ0n) is 10.9. The molecule has 2 amide bonds. The Morgan fingerprint density at radius 1 is 1.26 bits per heavy atom. The number of carbonyl (C=O) groups is 1. The van der Waals surface area contributed by atoms with E-state index >= 15 is 0 Å². The summed E-state index contributed by atoms with van der Waals surface area (Å²) in [7, 11) is 0. The van der Waals surface area contributed by atoms with E-state index in [1.54, 1.807) is 11.0 Å². The number of amides is 2. The zero-order chi connectivity index (χ0) is 13.7. The number of unbranched alkanes of at least 4 members (excludes halogenated alkanes) is 2. The van der Waals surface area contributed by atoms with Gasteiger partial charge in [0.05, 0.1) is 17.4 Å². The van der Waals surface area contributed by atoms with Crippen LogP contribution >= 0.6 is 0 Å². The van der Waals surface area contributed by atoms with Crippen molar-refractivity contribution in [2.24, 2.45) is 0 Å². The molecule has 0 saturated carbocycles. The quantitative estimate of drug-likeness (QED) is 0.650. The lowest BCUT2D eigenvalue weighted by atomic mass is 10.2. The number of nitrogens with two attached hydrogens (primary N) is 1. The molecule has 19 heavy (non-hydrogen) atoms. The number of benzene rings is 1. The van der Waals surface area contributed by atoms with Gasteiger partial charge in [-0.3, -0.25) is 4.90 Å². The number of rotatable bonds is 5. The first kappa shape index (κ1) is 13.2. The average Bonchev–Trinajstić information content (AvgIpc) is 2.77. The van der Waals surface area contributed by atoms with Gasteiger partial charge in [-0.25, -0.2) is 4.79 Å². The second kappa shape index (κ2) is 6.10. The molecule has 0 atom stereocenters. The second-order valence-electron chi connectivity index (χ2n) is 4.60. The van der Waals surface area contributed by atoms with E-state index in [1.807, 2.05) is 23.1 Å². The van der Waals surface area contributed by atoms with Crippen LogP contribution in [0.2, 0.25) is 0 Å². The third-order valence-electron chi connectivity index (χ3n) is 3.29. The maximum Gasteiger partial charge on any atom is 0.324 e. The van der Waals surface area contributed by atoms with Gasteiger partial charge in [-0.1, -0.05) is 12.1 Å². The van der Waals surface area contributed by atoms with Gasteiger partial charge in [0.15, 0.2) is 0 Å². The molecule has 2 rings (SSSR count). The first-order valence-corrected chi connectivity index (χ1v) is 6.52. The summed E-state index contributed by atoms with van der Waals surface area (Å²) in [6.45, 7) is 2.11. The summed E-state index contributed by atoms with van der Waals surface area (Å²) < 4.78 is 0. The number of urea groups is 1. The van der Waals surface area contributed by atoms with E-state index in [-0.39, 0.29) is 6.03 Å². The number of hydrogen-bond donors (Lipinski definition) is 1. The number of para-hydroxylation sites is 2. The molecule has 0 aliphatic carbocycles. The lowest BCUT2D eigenvalue weighted by Gasteiger charge is -2.19. The highest BCUT2D eigenvalue weighted by Gasteiger charge is 2.29. The van der Waals surface area contributed by atoms with Gasteiger partial charge in [0, 0.05) is 26.1 Å². The van der Waals surface area contributed by atoms with Crippen molar-refractivity contribution >= 4 is 17.4 Å². The van der Waals surface area contributed by atoms with Gasteiger partial charge < -0.3 is 10.6 Å². The van der Waals surface area contributed by atoms with Crippen LogP contribution < -0.4 is 10.6 Å². The highest BCUT2D eigenvalue weighted by atomic mass is 16.2. The lowest BCUT2D eigenvalue weighted by Crippen LogP contribution is -2.32. The van der Waals surface area contributed by atoms with E-state index < -0.39 is 0 Å². The summed E-state index contributed by atoms with van der Waals surface area (Å²) in [4.78, 5) is 15.8. The first-order valence-electron chi connectivity index (χ1n) is 6.52. The molecule has 0 unspecified atom stereocenters. The van der Waals surface area contributed by atoms with Crippen LogP contribution in [0.4, 0.5) is 16.2 Å². The van der Waals surface area contributed by atoms with Gasteiger partial charge in [-0.05, 0) is 25.0 Å². The number of carbonyl (C=O) groups excluding carboxylic acids is 1. The van der Waals surface area contributed by atoms with E-state index in [1.165, 1.54) is 0 Å². The fourth-order valence-electron chi connectivity index (χ4n) is 2.25. The summed E-state index contributed by atoms with van der Waals surface area (Å²) in [5.41, 5.74) is 7.31. The van der Waals surface area contributed by atoms with Crippen LogP contribution in [-0.4, -0.2) is 30.6 Å². The van der Waals surface area contributed by atoms with Crippen molar-refractivity contribution in [1.29, 1.82) is 5.26 Å². The number of anilines is 2. The average molecular weight is 258 g/mol. The molecule has 1 aromatic carbocycles. The molecule has 5 heteroatoms. The minimum Gasteiger partial charge on any atom is -0.397 e. The summed E-state index contributed by atoms with van der Waals surface area (Å²) >= 11 is 0. The third-order valence-corrected chi connectivity index (χ3v) is 3.29. The van der Waals surface area contributed by atoms with E-state index in [0.717, 1.165) is 25.1 Å². The Balaban J connectivity index is 1.95. The molecule has 1 fully saturated rings. The number of nitrogen functional groups attached to an aromatic ring is 1. The molecule has 0 bridgehead atoms. The molecule has 0 spiro atoms. The Morgan fingerprint density at radius 2 is 2.05 bits per heavy atom. The fourth-order valence-corrected chi connectivity index (χ4v) is 2.25. The molecule has 1 aromatic rings. The van der Waals surface area contributed by atoms with Crippen molar-refractivity contribution in [2.75, 3.05) is 30.3 Å². The highest BCUT2D eigenvalue weighted by molar-refractivity contribution is 5.97. The monoisotopic (exact) mass is 258 g/mol. The molecule has 1 heterocycles. The van der Waals surface area contributed by atoms with Gasteiger partial charge in [0.1, 0.15) is 0 Å². The Bertz CT molecular complexity index is 494. The van der Waals surface area contributed by atoms with E-state index in [2.05, 4.69) is 6.07 Å². The van der Waals surface area contributed by atoms with E-state index in [9.17, 15) is 4.79 Å². The Morgan fingerprint density at radius 3 is 2.79 bits per heavy atom. The summed E-state index contributed by atoms with van der Waals surface area (Å²) in [6, 6.07) is 9.54. The van der Waals surface area contributed by atoms with Crippen LogP contribution in [-0.2, 0) is 0 Å². The molecule has 0 aromatic heterocycles. The Hall–Kier alpha value is -2.22. The molecule has 1 saturated heterocycles. The van der Waals surface area contributed by atoms with Gasteiger partial charge in [0.2, 0.25) is 0 Å². The predicted octanol–water partition coefficient (Wildman–Crippen LogP) is 2.20. The number of hydrogen-bond acceptors (Lipinski definition) is 3. The molecular weight excluding hydrogens is 240 g/mol. The summed E-state index contributed by atoms with van der Waals surface area (Å²) in [5.74, 6) is 0.